The summed E-state index contributed by atoms with van der Waals surface area (Å²) in [6.45, 7) is 6.43. The molecule has 34 heavy (non-hydrogen) atoms. The van der Waals surface area contributed by atoms with Crippen LogP contribution in [-0.2, 0) is 16.1 Å². The number of hydrogen-bond donors (Lipinski definition) is 1. The predicted molar refractivity (Wildman–Crippen MR) is 130 cm³/mol. The molecule has 0 aliphatic carbocycles. The highest BCUT2D eigenvalue weighted by molar-refractivity contribution is 6.10. The molecule has 1 fully saturated rings. The van der Waals surface area contributed by atoms with Gasteiger partial charge in [-0.1, -0.05) is 18.2 Å². The zero-order valence-electron chi connectivity index (χ0n) is 19.8. The number of piperidine rings is 1. The Balaban J connectivity index is 1.34. The van der Waals surface area contributed by atoms with Crippen molar-refractivity contribution >= 4 is 23.2 Å². The lowest BCUT2D eigenvalue weighted by atomic mass is 10.0. The van der Waals surface area contributed by atoms with Gasteiger partial charge in [0.05, 0.1) is 23.7 Å². The number of anilines is 2. The molecule has 1 saturated heterocycles. The average molecular weight is 465 g/mol. The Labute approximate surface area is 200 Å². The monoisotopic (exact) mass is 464 g/mol. The van der Waals surface area contributed by atoms with Gasteiger partial charge in [0.1, 0.15) is 19.8 Å². The maximum absolute atomic E-state index is 13.2. The van der Waals surface area contributed by atoms with Crippen molar-refractivity contribution in [1.29, 1.82) is 0 Å². The van der Waals surface area contributed by atoms with Crippen molar-refractivity contribution in [2.24, 2.45) is 0 Å². The summed E-state index contributed by atoms with van der Waals surface area (Å²) in [6, 6.07) is 13.7. The van der Waals surface area contributed by atoms with E-state index < -0.39 is 0 Å². The lowest BCUT2D eigenvalue weighted by Gasteiger charge is -2.47. The topological polar surface area (TPSA) is 74.4 Å². The average Bonchev–Trinajstić information content (AvgIpc) is 2.86. The van der Waals surface area contributed by atoms with Crippen molar-refractivity contribution in [3.05, 3.63) is 48.0 Å². The van der Waals surface area contributed by atoms with E-state index in [9.17, 15) is 9.59 Å². The van der Waals surface area contributed by atoms with Crippen LogP contribution < -0.4 is 24.6 Å². The van der Waals surface area contributed by atoms with E-state index in [1.807, 2.05) is 41.3 Å². The Kier molecular flexibility index (Phi) is 6.43. The third kappa shape index (κ3) is 4.35. The minimum Gasteiger partial charge on any atom is -0.486 e. The number of nitrogens with zero attached hydrogens (tertiary/aromatic N) is 3. The number of amides is 2. The molecule has 5 rings (SSSR count). The first-order valence-corrected chi connectivity index (χ1v) is 12.1. The van der Waals surface area contributed by atoms with E-state index in [0.717, 1.165) is 54.2 Å². The molecule has 3 aliphatic rings. The minimum absolute atomic E-state index is 0.0578. The zero-order chi connectivity index (χ0) is 23.7. The third-order valence-electron chi connectivity index (χ3n) is 6.92. The molecule has 3 heterocycles. The fraction of sp³-hybridized carbons (Fsp3) is 0.462. The summed E-state index contributed by atoms with van der Waals surface area (Å²) >= 11 is 0. The van der Waals surface area contributed by atoms with Crippen LogP contribution in [0.5, 0.6) is 11.5 Å². The van der Waals surface area contributed by atoms with Gasteiger partial charge in [0.2, 0.25) is 11.8 Å². The lowest BCUT2D eigenvalue weighted by Crippen LogP contribution is -2.61. The van der Waals surface area contributed by atoms with Crippen LogP contribution in [0.4, 0.5) is 11.4 Å². The van der Waals surface area contributed by atoms with E-state index in [0.29, 0.717) is 19.8 Å². The quantitative estimate of drug-likeness (QED) is 0.733. The van der Waals surface area contributed by atoms with Crippen LogP contribution in [0, 0.1) is 0 Å². The fourth-order valence-electron chi connectivity index (χ4n) is 5.22. The van der Waals surface area contributed by atoms with Crippen molar-refractivity contribution < 1.29 is 19.1 Å². The van der Waals surface area contributed by atoms with Gasteiger partial charge in [0.25, 0.3) is 0 Å². The number of para-hydroxylation sites is 2. The minimum atomic E-state index is -0.138. The van der Waals surface area contributed by atoms with Gasteiger partial charge in [-0.05, 0) is 56.0 Å². The summed E-state index contributed by atoms with van der Waals surface area (Å²) in [6.07, 6.45) is 3.25. The van der Waals surface area contributed by atoms with Crippen LogP contribution in [0.2, 0.25) is 0 Å². The Morgan fingerprint density at radius 1 is 1.09 bits per heavy atom. The molecular weight excluding hydrogens is 432 g/mol. The maximum Gasteiger partial charge on any atom is 0.248 e. The van der Waals surface area contributed by atoms with Gasteiger partial charge in [-0.2, -0.15) is 0 Å². The van der Waals surface area contributed by atoms with Gasteiger partial charge >= 0.3 is 0 Å². The molecule has 2 amide bonds. The van der Waals surface area contributed by atoms with Gasteiger partial charge in [0.15, 0.2) is 11.5 Å². The molecule has 2 unspecified atom stereocenters. The third-order valence-corrected chi connectivity index (χ3v) is 6.92. The molecule has 0 spiro atoms. The van der Waals surface area contributed by atoms with Gasteiger partial charge in [-0.15, -0.1) is 0 Å². The smallest absolute Gasteiger partial charge is 0.248 e. The van der Waals surface area contributed by atoms with E-state index in [1.54, 1.807) is 4.90 Å². The number of rotatable bonds is 5. The Hall–Kier alpha value is -3.10. The van der Waals surface area contributed by atoms with Crippen molar-refractivity contribution in [2.75, 3.05) is 36.1 Å². The van der Waals surface area contributed by atoms with Crippen molar-refractivity contribution in [3.8, 4) is 11.5 Å². The van der Waals surface area contributed by atoms with Crippen LogP contribution in [0.1, 0.15) is 38.7 Å². The largest absolute Gasteiger partial charge is 0.486 e. The number of carbonyl (C=O) groups excluding carboxylic acids is 2. The molecule has 1 N–H and O–H groups in total. The summed E-state index contributed by atoms with van der Waals surface area (Å²) < 4.78 is 11.4. The molecule has 3 aliphatic heterocycles. The number of benzene rings is 2. The van der Waals surface area contributed by atoms with E-state index in [-0.39, 0.29) is 30.7 Å². The molecular formula is C26H32N4O4. The predicted octanol–water partition coefficient (Wildman–Crippen LogP) is 3.11. The summed E-state index contributed by atoms with van der Waals surface area (Å²) in [7, 11) is 0. The van der Waals surface area contributed by atoms with Gasteiger partial charge in [-0.25, -0.2) is 0 Å². The van der Waals surface area contributed by atoms with E-state index in [4.69, 9.17) is 9.47 Å². The van der Waals surface area contributed by atoms with E-state index in [2.05, 4.69) is 23.2 Å². The first-order valence-electron chi connectivity index (χ1n) is 12.1. The molecule has 2 atom stereocenters. The number of likely N-dealkylation sites (tertiary alicyclic amines) is 1. The second kappa shape index (κ2) is 9.64. The zero-order valence-corrected chi connectivity index (χ0v) is 19.8. The second-order valence-electron chi connectivity index (χ2n) is 9.10. The summed E-state index contributed by atoms with van der Waals surface area (Å²) in [5.41, 5.74) is 2.72. The highest BCUT2D eigenvalue weighted by Gasteiger charge is 2.38. The van der Waals surface area contributed by atoms with Crippen molar-refractivity contribution in [2.45, 2.75) is 52.0 Å². The first kappa shape index (κ1) is 22.7. The van der Waals surface area contributed by atoms with Crippen molar-refractivity contribution in [1.82, 2.24) is 10.2 Å². The highest BCUT2D eigenvalue weighted by atomic mass is 16.6. The molecule has 0 radical (unpaired) electrons. The van der Waals surface area contributed by atoms with Gasteiger partial charge in [-0.3, -0.25) is 24.7 Å². The molecule has 0 bridgehead atoms. The fourth-order valence-corrected chi connectivity index (χ4v) is 5.22. The van der Waals surface area contributed by atoms with E-state index >= 15 is 0 Å². The molecule has 2 aromatic rings. The summed E-state index contributed by atoms with van der Waals surface area (Å²) in [5.74, 6) is 1.41. The van der Waals surface area contributed by atoms with Gasteiger partial charge in [0, 0.05) is 20.0 Å². The first-order chi connectivity index (χ1) is 16.5. The number of hydrogen-bond acceptors (Lipinski definition) is 6. The van der Waals surface area contributed by atoms with Gasteiger partial charge < -0.3 is 14.4 Å². The number of ether oxygens (including phenoxy) is 2. The lowest BCUT2D eigenvalue weighted by molar-refractivity contribution is -0.123. The van der Waals surface area contributed by atoms with E-state index in [1.165, 1.54) is 6.92 Å². The SMILES string of the molecule is CC(=O)N1CC(=O)N(C(C)N2CCCCC2NCc2ccc3c(c2)OCCO3)c2ccccc21. The molecule has 8 heteroatoms. The normalized spacial score (nSPS) is 21.2. The Morgan fingerprint density at radius 3 is 2.65 bits per heavy atom. The molecule has 2 aromatic carbocycles. The second-order valence-corrected chi connectivity index (χ2v) is 9.10. The molecule has 0 saturated carbocycles. The summed E-state index contributed by atoms with van der Waals surface area (Å²) in [5, 5.41) is 3.71. The molecule has 8 nitrogen and oxygen atoms in total. The summed E-state index contributed by atoms with van der Waals surface area (Å²) in [4.78, 5) is 31.2. The van der Waals surface area contributed by atoms with Crippen LogP contribution in [-0.4, -0.2) is 55.3 Å². The maximum atomic E-state index is 13.2. The number of nitrogens with one attached hydrogen (secondary N) is 1. The van der Waals surface area contributed by atoms with Crippen LogP contribution in [0.25, 0.3) is 0 Å². The number of carbonyl (C=O) groups is 2. The Bertz CT molecular complexity index is 1070. The standard InChI is InChI=1S/C26H32N4O4/c1-18(30-22-8-4-3-7-21(22)29(19(2)31)17-26(30)32)28-12-6-5-9-25(28)27-16-20-10-11-23-24(15-20)34-14-13-33-23/h3-4,7-8,10-11,15,18,25,27H,5-6,9,12-14,16-17H2,1-2H3. The van der Waals surface area contributed by atoms with Crippen molar-refractivity contribution in [3.63, 3.8) is 0 Å². The number of fused-ring (bicyclic) bond motifs is 2. The molecule has 180 valence electrons. The van der Waals surface area contributed by atoms with Crippen LogP contribution >= 0.6 is 0 Å². The van der Waals surface area contributed by atoms with Crippen LogP contribution in [0.15, 0.2) is 42.5 Å². The highest BCUT2D eigenvalue weighted by Crippen LogP contribution is 2.36. The molecule has 0 aromatic heterocycles. The Morgan fingerprint density at radius 2 is 1.85 bits per heavy atom. The van der Waals surface area contributed by atoms with Crippen LogP contribution in [0.3, 0.4) is 0 Å².